The Labute approximate surface area is 157 Å². The molecule has 1 aliphatic heterocycles. The van der Waals surface area contributed by atoms with E-state index in [9.17, 15) is 18.0 Å². The summed E-state index contributed by atoms with van der Waals surface area (Å²) < 4.78 is 24.2. The summed E-state index contributed by atoms with van der Waals surface area (Å²) in [5, 5.41) is 2.78. The fraction of sp³-hybridized carbons (Fsp3) is 0.529. The molecule has 1 N–H and O–H groups in total. The molecule has 1 heterocycles. The molecule has 2 atom stereocenters. The summed E-state index contributed by atoms with van der Waals surface area (Å²) in [5.41, 5.74) is 0.466. The molecule has 1 fully saturated rings. The number of carbonyl (C=O) groups excluding carboxylic acids is 2. The topological polar surface area (TPSA) is 83.6 Å². The summed E-state index contributed by atoms with van der Waals surface area (Å²) in [7, 11) is -1.47. The highest BCUT2D eigenvalue weighted by Gasteiger charge is 2.36. The number of rotatable bonds is 5. The highest BCUT2D eigenvalue weighted by Crippen LogP contribution is 2.19. The minimum absolute atomic E-state index is 0.0132. The molecule has 1 aromatic carbocycles. The van der Waals surface area contributed by atoms with Gasteiger partial charge in [0.25, 0.3) is 5.91 Å². The number of sulfone groups is 1. The van der Waals surface area contributed by atoms with E-state index in [1.54, 1.807) is 31.3 Å². The molecule has 25 heavy (non-hydrogen) atoms. The third-order valence-electron chi connectivity index (χ3n) is 4.43. The van der Waals surface area contributed by atoms with E-state index in [-0.39, 0.29) is 35.3 Å². The first-order valence-electron chi connectivity index (χ1n) is 8.14. The molecule has 1 aliphatic rings. The van der Waals surface area contributed by atoms with Crippen LogP contribution < -0.4 is 5.32 Å². The van der Waals surface area contributed by atoms with Gasteiger partial charge in [-0.25, -0.2) is 8.42 Å². The average Bonchev–Trinajstić information content (AvgIpc) is 2.91. The van der Waals surface area contributed by atoms with E-state index in [1.165, 1.54) is 4.90 Å². The molecule has 2 rings (SSSR count). The Balaban J connectivity index is 2.10. The maximum atomic E-state index is 12.8. The third kappa shape index (κ3) is 5.04. The van der Waals surface area contributed by atoms with Gasteiger partial charge in [0.05, 0.1) is 11.5 Å². The van der Waals surface area contributed by atoms with Crippen LogP contribution >= 0.6 is 15.9 Å². The molecule has 0 radical (unpaired) electrons. The van der Waals surface area contributed by atoms with Crippen LogP contribution in [0.2, 0.25) is 0 Å². The highest BCUT2D eigenvalue weighted by molar-refractivity contribution is 9.10. The summed E-state index contributed by atoms with van der Waals surface area (Å²) in [6.45, 7) is 3.70. The van der Waals surface area contributed by atoms with E-state index in [2.05, 4.69) is 21.2 Å². The van der Waals surface area contributed by atoms with Gasteiger partial charge in [-0.05, 0) is 36.6 Å². The zero-order chi connectivity index (χ0) is 18.8. The van der Waals surface area contributed by atoms with Crippen molar-refractivity contribution >= 4 is 37.6 Å². The number of nitrogens with zero attached hydrogens (tertiary/aromatic N) is 1. The molecule has 1 saturated heterocycles. The number of likely N-dealkylation sites (N-methyl/N-ethyl adjacent to an activating group) is 1. The molecular weight excluding hydrogens is 408 g/mol. The van der Waals surface area contributed by atoms with Gasteiger partial charge >= 0.3 is 0 Å². The fourth-order valence-corrected chi connectivity index (χ4v) is 4.86. The van der Waals surface area contributed by atoms with Crippen molar-refractivity contribution in [3.63, 3.8) is 0 Å². The summed E-state index contributed by atoms with van der Waals surface area (Å²) >= 11 is 3.32. The van der Waals surface area contributed by atoms with Gasteiger partial charge in [-0.2, -0.15) is 0 Å². The number of carbonyl (C=O) groups is 2. The van der Waals surface area contributed by atoms with E-state index in [1.807, 2.05) is 13.8 Å². The SMILES string of the molecule is CC(C)[C@H](NC(=O)c1ccc(Br)cc1)C(=O)N(C)[C@H]1CCS(=O)(=O)C1. The molecule has 1 aromatic rings. The van der Waals surface area contributed by atoms with Crippen molar-refractivity contribution in [1.29, 1.82) is 0 Å². The van der Waals surface area contributed by atoms with E-state index in [0.29, 0.717) is 12.0 Å². The van der Waals surface area contributed by atoms with Crippen LogP contribution in [0.3, 0.4) is 0 Å². The van der Waals surface area contributed by atoms with E-state index < -0.39 is 15.9 Å². The lowest BCUT2D eigenvalue weighted by Gasteiger charge is -2.30. The van der Waals surface area contributed by atoms with Crippen molar-refractivity contribution < 1.29 is 18.0 Å². The standard InChI is InChI=1S/C17H23BrN2O4S/c1-11(2)15(19-16(21)12-4-6-13(18)7-5-12)17(22)20(3)14-8-9-25(23,24)10-14/h4-7,11,14-15H,8-10H2,1-3H3,(H,19,21)/t14-,15-/m0/s1. The van der Waals surface area contributed by atoms with Gasteiger partial charge < -0.3 is 10.2 Å². The van der Waals surface area contributed by atoms with Crippen molar-refractivity contribution in [2.24, 2.45) is 5.92 Å². The van der Waals surface area contributed by atoms with Crippen LogP contribution in [-0.2, 0) is 14.6 Å². The van der Waals surface area contributed by atoms with Crippen LogP contribution in [0.15, 0.2) is 28.7 Å². The Morgan fingerprint density at radius 1 is 1.24 bits per heavy atom. The minimum Gasteiger partial charge on any atom is -0.340 e. The number of hydrogen-bond donors (Lipinski definition) is 1. The van der Waals surface area contributed by atoms with E-state index in [4.69, 9.17) is 0 Å². The van der Waals surface area contributed by atoms with Gasteiger partial charge in [-0.1, -0.05) is 29.8 Å². The Morgan fingerprint density at radius 2 is 1.84 bits per heavy atom. The number of halogens is 1. The Morgan fingerprint density at radius 3 is 2.32 bits per heavy atom. The third-order valence-corrected chi connectivity index (χ3v) is 6.71. The average molecular weight is 431 g/mol. The van der Waals surface area contributed by atoms with Crippen molar-refractivity contribution in [2.45, 2.75) is 32.4 Å². The molecular formula is C17H23BrN2O4S. The molecule has 0 aliphatic carbocycles. The lowest BCUT2D eigenvalue weighted by molar-refractivity contribution is -0.134. The van der Waals surface area contributed by atoms with E-state index >= 15 is 0 Å². The first-order chi connectivity index (χ1) is 11.6. The molecule has 0 spiro atoms. The fourth-order valence-electron chi connectivity index (χ4n) is 2.82. The predicted molar refractivity (Wildman–Crippen MR) is 100 cm³/mol. The van der Waals surface area contributed by atoms with Crippen LogP contribution in [0.1, 0.15) is 30.6 Å². The zero-order valence-electron chi connectivity index (χ0n) is 14.5. The smallest absolute Gasteiger partial charge is 0.251 e. The lowest BCUT2D eigenvalue weighted by Crippen LogP contribution is -2.52. The van der Waals surface area contributed by atoms with E-state index in [0.717, 1.165) is 4.47 Å². The van der Waals surface area contributed by atoms with Gasteiger partial charge in [0, 0.05) is 23.1 Å². The Bertz CT molecular complexity index is 746. The maximum Gasteiger partial charge on any atom is 0.251 e. The van der Waals surface area contributed by atoms with Crippen LogP contribution in [0, 0.1) is 5.92 Å². The van der Waals surface area contributed by atoms with Crippen LogP contribution in [-0.4, -0.2) is 55.8 Å². The Hall–Kier alpha value is -1.41. The monoisotopic (exact) mass is 430 g/mol. The van der Waals surface area contributed by atoms with Gasteiger partial charge in [0.1, 0.15) is 6.04 Å². The molecule has 0 aromatic heterocycles. The molecule has 8 heteroatoms. The first kappa shape index (κ1) is 19.9. The summed E-state index contributed by atoms with van der Waals surface area (Å²) in [5.74, 6) is -0.616. The molecule has 6 nitrogen and oxygen atoms in total. The second-order valence-electron chi connectivity index (χ2n) is 6.71. The first-order valence-corrected chi connectivity index (χ1v) is 10.8. The number of nitrogens with one attached hydrogen (secondary N) is 1. The number of hydrogen-bond acceptors (Lipinski definition) is 4. The molecule has 0 bridgehead atoms. The Kier molecular flexibility index (Phi) is 6.26. The van der Waals surface area contributed by atoms with Crippen LogP contribution in [0.5, 0.6) is 0 Å². The van der Waals surface area contributed by atoms with Gasteiger partial charge in [-0.3, -0.25) is 9.59 Å². The minimum atomic E-state index is -3.08. The molecule has 138 valence electrons. The predicted octanol–water partition coefficient (Wildman–Crippen LogP) is 1.85. The highest BCUT2D eigenvalue weighted by atomic mass is 79.9. The van der Waals surface area contributed by atoms with Crippen molar-refractivity contribution in [1.82, 2.24) is 10.2 Å². The van der Waals surface area contributed by atoms with Crippen LogP contribution in [0.4, 0.5) is 0 Å². The molecule has 0 saturated carbocycles. The van der Waals surface area contributed by atoms with Gasteiger partial charge in [0.2, 0.25) is 5.91 Å². The van der Waals surface area contributed by atoms with Gasteiger partial charge in [0.15, 0.2) is 9.84 Å². The lowest BCUT2D eigenvalue weighted by atomic mass is 10.0. The van der Waals surface area contributed by atoms with Crippen molar-refractivity contribution in [3.8, 4) is 0 Å². The second-order valence-corrected chi connectivity index (χ2v) is 9.85. The van der Waals surface area contributed by atoms with Crippen molar-refractivity contribution in [3.05, 3.63) is 34.3 Å². The second kappa shape index (κ2) is 7.86. The molecule has 0 unspecified atom stereocenters. The van der Waals surface area contributed by atoms with Gasteiger partial charge in [-0.15, -0.1) is 0 Å². The number of benzene rings is 1. The van der Waals surface area contributed by atoms with Crippen LogP contribution in [0.25, 0.3) is 0 Å². The maximum absolute atomic E-state index is 12.8. The number of amides is 2. The van der Waals surface area contributed by atoms with Crippen molar-refractivity contribution in [2.75, 3.05) is 18.6 Å². The summed E-state index contributed by atoms with van der Waals surface area (Å²) in [6.07, 6.45) is 0.441. The largest absolute Gasteiger partial charge is 0.340 e. The quantitative estimate of drug-likeness (QED) is 0.772. The normalized spacial score (nSPS) is 20.3. The zero-order valence-corrected chi connectivity index (χ0v) is 16.9. The summed E-state index contributed by atoms with van der Waals surface area (Å²) in [4.78, 5) is 26.7. The molecule has 2 amide bonds. The summed E-state index contributed by atoms with van der Waals surface area (Å²) in [6, 6.07) is 5.84.